The van der Waals surface area contributed by atoms with Crippen LogP contribution in [0.1, 0.15) is 40.3 Å². The van der Waals surface area contributed by atoms with Gasteiger partial charge in [-0.05, 0) is 38.8 Å². The minimum Gasteiger partial charge on any atom is -0.336 e. The molecule has 0 bridgehead atoms. The molecule has 0 aromatic carbocycles. The third-order valence-corrected chi connectivity index (χ3v) is 6.40. The molecule has 0 saturated carbocycles. The molecule has 136 valence electrons. The molecule has 25 heavy (non-hydrogen) atoms. The van der Waals surface area contributed by atoms with Crippen LogP contribution >= 0.6 is 23.7 Å². The van der Waals surface area contributed by atoms with Gasteiger partial charge in [-0.25, -0.2) is 4.98 Å². The van der Waals surface area contributed by atoms with Crippen molar-refractivity contribution in [1.29, 1.82) is 0 Å². The molecule has 4 heterocycles. The summed E-state index contributed by atoms with van der Waals surface area (Å²) in [5.41, 5.74) is 0.818. The van der Waals surface area contributed by atoms with E-state index in [1.165, 1.54) is 11.3 Å². The quantitative estimate of drug-likeness (QED) is 0.862. The molecule has 0 radical (unpaired) electrons. The summed E-state index contributed by atoms with van der Waals surface area (Å²) >= 11 is 1.38. The molecule has 1 atom stereocenters. The van der Waals surface area contributed by atoms with Gasteiger partial charge in [0.05, 0.1) is 10.3 Å². The highest BCUT2D eigenvalue weighted by molar-refractivity contribution is 7.20. The monoisotopic (exact) mass is 382 g/mol. The van der Waals surface area contributed by atoms with E-state index in [-0.39, 0.29) is 23.9 Å². The van der Waals surface area contributed by atoms with E-state index in [1.54, 1.807) is 4.57 Å². The first-order valence-electron chi connectivity index (χ1n) is 8.59. The van der Waals surface area contributed by atoms with Crippen LogP contribution in [0, 0.1) is 6.92 Å². The highest BCUT2D eigenvalue weighted by Gasteiger charge is 2.28. The Hall–Kier alpha value is -1.44. The van der Waals surface area contributed by atoms with Gasteiger partial charge in [-0.2, -0.15) is 0 Å². The summed E-state index contributed by atoms with van der Waals surface area (Å²) in [5.74, 6) is 0.904. The SMILES string of the molecule is CNC1CCCN(C(=O)c2sc3nc4n(c(=O)c3c2C)CCC4)C1.Cl. The Morgan fingerprint density at radius 3 is 2.88 bits per heavy atom. The first-order valence-corrected chi connectivity index (χ1v) is 9.41. The van der Waals surface area contributed by atoms with Crippen molar-refractivity contribution in [2.75, 3.05) is 20.1 Å². The second-order valence-corrected chi connectivity index (χ2v) is 7.70. The standard InChI is InChI=1S/C17H22N4O2S.ClH/c1-10-13-15(19-12-6-4-8-21(12)16(13)22)24-14(10)17(23)20-7-3-5-11(9-20)18-2;/h11,18H,3-9H2,1-2H3;1H. The largest absolute Gasteiger partial charge is 0.336 e. The zero-order valence-electron chi connectivity index (χ0n) is 14.5. The molecule has 1 amide bonds. The Bertz CT molecular complexity index is 876. The summed E-state index contributed by atoms with van der Waals surface area (Å²) < 4.78 is 1.77. The van der Waals surface area contributed by atoms with E-state index in [4.69, 9.17) is 0 Å². The van der Waals surface area contributed by atoms with Crippen molar-refractivity contribution in [3.8, 4) is 0 Å². The number of hydrogen-bond acceptors (Lipinski definition) is 5. The average molecular weight is 383 g/mol. The predicted octanol–water partition coefficient (Wildman–Crippen LogP) is 1.96. The molecule has 8 heteroatoms. The smallest absolute Gasteiger partial charge is 0.264 e. The second kappa shape index (κ2) is 7.05. The molecule has 2 aliphatic heterocycles. The lowest BCUT2D eigenvalue weighted by Gasteiger charge is -2.32. The first kappa shape index (κ1) is 18.4. The van der Waals surface area contributed by atoms with E-state index in [0.29, 0.717) is 16.3 Å². The molecule has 0 spiro atoms. The number of hydrogen-bond donors (Lipinski definition) is 1. The number of carbonyl (C=O) groups excluding carboxylic acids is 1. The van der Waals surface area contributed by atoms with E-state index >= 15 is 0 Å². The predicted molar refractivity (Wildman–Crippen MR) is 102 cm³/mol. The topological polar surface area (TPSA) is 67.2 Å². The van der Waals surface area contributed by atoms with Crippen LogP contribution in [0.2, 0.25) is 0 Å². The number of aromatic nitrogens is 2. The molecule has 1 saturated heterocycles. The molecule has 1 N–H and O–H groups in total. The molecular weight excluding hydrogens is 360 g/mol. The number of carbonyl (C=O) groups is 1. The highest BCUT2D eigenvalue weighted by atomic mass is 35.5. The molecule has 2 aromatic heterocycles. The summed E-state index contributed by atoms with van der Waals surface area (Å²) in [4.78, 5) is 33.7. The molecule has 1 fully saturated rings. The van der Waals surface area contributed by atoms with E-state index in [1.807, 2.05) is 18.9 Å². The Labute approximate surface area is 156 Å². The second-order valence-electron chi connectivity index (χ2n) is 6.70. The van der Waals surface area contributed by atoms with Crippen LogP contribution in [-0.2, 0) is 13.0 Å². The number of nitrogens with zero attached hydrogens (tertiary/aromatic N) is 3. The van der Waals surface area contributed by atoms with Gasteiger partial charge in [0, 0.05) is 32.1 Å². The number of rotatable bonds is 2. The summed E-state index contributed by atoms with van der Waals surface area (Å²) in [5, 5.41) is 3.90. The van der Waals surface area contributed by atoms with Gasteiger partial charge in [0.1, 0.15) is 10.7 Å². The number of likely N-dealkylation sites (tertiary alicyclic amines) is 1. The van der Waals surface area contributed by atoms with Gasteiger partial charge in [-0.1, -0.05) is 0 Å². The van der Waals surface area contributed by atoms with E-state index in [9.17, 15) is 9.59 Å². The molecule has 4 rings (SSSR count). The number of halogens is 1. The summed E-state index contributed by atoms with van der Waals surface area (Å²) in [6.07, 6.45) is 3.93. The number of aryl methyl sites for hydroxylation is 2. The molecular formula is C17H23ClN4O2S. The highest BCUT2D eigenvalue weighted by Crippen LogP contribution is 2.30. The Kier molecular flexibility index (Phi) is 5.18. The molecule has 0 aliphatic carbocycles. The molecule has 2 aromatic rings. The number of likely N-dealkylation sites (N-methyl/N-ethyl adjacent to an activating group) is 1. The van der Waals surface area contributed by atoms with E-state index < -0.39 is 0 Å². The Morgan fingerprint density at radius 2 is 2.12 bits per heavy atom. The van der Waals surface area contributed by atoms with Crippen molar-refractivity contribution in [1.82, 2.24) is 19.8 Å². The van der Waals surface area contributed by atoms with Crippen molar-refractivity contribution in [3.05, 3.63) is 26.6 Å². The van der Waals surface area contributed by atoms with Crippen LogP contribution in [0.5, 0.6) is 0 Å². The maximum Gasteiger partial charge on any atom is 0.264 e. The number of amides is 1. The van der Waals surface area contributed by atoms with Crippen molar-refractivity contribution >= 4 is 39.9 Å². The lowest BCUT2D eigenvalue weighted by atomic mass is 10.1. The normalized spacial score (nSPS) is 19.8. The minimum atomic E-state index is 0. The summed E-state index contributed by atoms with van der Waals surface area (Å²) in [6.45, 7) is 4.14. The van der Waals surface area contributed by atoms with Crippen LogP contribution in [0.3, 0.4) is 0 Å². The molecule has 6 nitrogen and oxygen atoms in total. The van der Waals surface area contributed by atoms with Gasteiger partial charge in [-0.15, -0.1) is 23.7 Å². The zero-order valence-corrected chi connectivity index (χ0v) is 16.1. The van der Waals surface area contributed by atoms with Gasteiger partial charge in [-0.3, -0.25) is 14.2 Å². The molecule has 2 aliphatic rings. The van der Waals surface area contributed by atoms with Crippen molar-refractivity contribution in [2.24, 2.45) is 0 Å². The Morgan fingerprint density at radius 1 is 1.32 bits per heavy atom. The third-order valence-electron chi connectivity index (χ3n) is 5.22. The van der Waals surface area contributed by atoms with E-state index in [2.05, 4.69) is 10.3 Å². The van der Waals surface area contributed by atoms with Gasteiger partial charge in [0.2, 0.25) is 0 Å². The van der Waals surface area contributed by atoms with Crippen molar-refractivity contribution in [3.63, 3.8) is 0 Å². The lowest BCUT2D eigenvalue weighted by Crippen LogP contribution is -2.46. The van der Waals surface area contributed by atoms with Gasteiger partial charge in [0.25, 0.3) is 11.5 Å². The number of thiophene rings is 1. The van der Waals surface area contributed by atoms with Gasteiger partial charge >= 0.3 is 0 Å². The van der Waals surface area contributed by atoms with Crippen LogP contribution in [-0.4, -0.2) is 46.5 Å². The van der Waals surface area contributed by atoms with E-state index in [0.717, 1.165) is 61.5 Å². The van der Waals surface area contributed by atoms with Crippen LogP contribution in [0.4, 0.5) is 0 Å². The summed E-state index contributed by atoms with van der Waals surface area (Å²) in [6, 6.07) is 0.352. The van der Waals surface area contributed by atoms with Crippen molar-refractivity contribution in [2.45, 2.75) is 45.2 Å². The van der Waals surface area contributed by atoms with Crippen LogP contribution in [0.25, 0.3) is 10.2 Å². The fraction of sp³-hybridized carbons (Fsp3) is 0.588. The van der Waals surface area contributed by atoms with Crippen LogP contribution in [0.15, 0.2) is 4.79 Å². The number of fused-ring (bicyclic) bond motifs is 2. The maximum absolute atomic E-state index is 13.0. The van der Waals surface area contributed by atoms with Gasteiger partial charge in [0.15, 0.2) is 0 Å². The third kappa shape index (κ3) is 2.98. The minimum absolute atomic E-state index is 0. The van der Waals surface area contributed by atoms with Gasteiger partial charge < -0.3 is 10.2 Å². The number of nitrogens with one attached hydrogen (secondary N) is 1. The maximum atomic E-state index is 13.0. The number of piperidine rings is 1. The fourth-order valence-electron chi connectivity index (χ4n) is 3.82. The van der Waals surface area contributed by atoms with Crippen LogP contribution < -0.4 is 10.9 Å². The average Bonchev–Trinajstić information content (AvgIpc) is 3.19. The fourth-order valence-corrected chi connectivity index (χ4v) is 4.98. The summed E-state index contributed by atoms with van der Waals surface area (Å²) in [7, 11) is 1.94. The first-order chi connectivity index (χ1) is 11.6. The lowest BCUT2D eigenvalue weighted by molar-refractivity contribution is 0.0702. The zero-order chi connectivity index (χ0) is 16.8. The molecule has 1 unspecified atom stereocenters. The van der Waals surface area contributed by atoms with Crippen molar-refractivity contribution < 1.29 is 4.79 Å². The Balaban J connectivity index is 0.00000182.